The lowest BCUT2D eigenvalue weighted by Crippen LogP contribution is -2.09. The summed E-state index contributed by atoms with van der Waals surface area (Å²) >= 11 is 0. The van der Waals surface area contributed by atoms with Crippen LogP contribution in [-0.2, 0) is 0 Å². The minimum atomic E-state index is 0.908. The Bertz CT molecular complexity index is 2880. The van der Waals surface area contributed by atoms with Crippen molar-refractivity contribution in [2.75, 3.05) is 4.90 Å². The van der Waals surface area contributed by atoms with Crippen molar-refractivity contribution in [1.82, 2.24) is 0 Å². The highest BCUT2D eigenvalue weighted by Gasteiger charge is 2.15. The van der Waals surface area contributed by atoms with Gasteiger partial charge in [-0.2, -0.15) is 0 Å². The third-order valence-corrected chi connectivity index (χ3v) is 10.5. The predicted molar refractivity (Wildman–Crippen MR) is 228 cm³/mol. The highest BCUT2D eigenvalue weighted by atomic mass is 16.3. The molecule has 0 radical (unpaired) electrons. The first-order chi connectivity index (χ1) is 26.7. The van der Waals surface area contributed by atoms with E-state index >= 15 is 0 Å². The number of fused-ring (bicyclic) bond motifs is 4. The largest absolute Gasteiger partial charge is 0.456 e. The maximum Gasteiger partial charge on any atom is 0.135 e. The number of para-hydroxylation sites is 1. The molecule has 0 amide bonds. The van der Waals surface area contributed by atoms with Crippen LogP contribution in [0.25, 0.3) is 77.2 Å². The van der Waals surface area contributed by atoms with Gasteiger partial charge < -0.3 is 9.32 Å². The molecule has 1 aromatic heterocycles. The molecule has 10 aromatic rings. The van der Waals surface area contributed by atoms with Crippen LogP contribution in [-0.4, -0.2) is 0 Å². The summed E-state index contributed by atoms with van der Waals surface area (Å²) in [6.07, 6.45) is 0. The lowest BCUT2D eigenvalue weighted by Gasteiger charge is -2.26. The smallest absolute Gasteiger partial charge is 0.135 e. The first kappa shape index (κ1) is 31.6. The number of rotatable bonds is 7. The average molecular weight is 690 g/mol. The Balaban J connectivity index is 1.01. The summed E-state index contributed by atoms with van der Waals surface area (Å²) in [6.45, 7) is 0. The van der Waals surface area contributed by atoms with Crippen LogP contribution in [0.5, 0.6) is 0 Å². The number of nitrogens with zero attached hydrogens (tertiary/aromatic N) is 1. The van der Waals surface area contributed by atoms with Gasteiger partial charge in [0.25, 0.3) is 0 Å². The third kappa shape index (κ3) is 5.81. The molecular weight excluding hydrogens is 655 g/mol. The van der Waals surface area contributed by atoms with E-state index in [2.05, 4.69) is 205 Å². The molecule has 0 unspecified atom stereocenters. The van der Waals surface area contributed by atoms with Gasteiger partial charge in [0, 0.05) is 27.8 Å². The number of furan rings is 1. The van der Waals surface area contributed by atoms with E-state index < -0.39 is 0 Å². The molecule has 2 heteroatoms. The second-order valence-electron chi connectivity index (χ2n) is 13.8. The van der Waals surface area contributed by atoms with Gasteiger partial charge in [0.1, 0.15) is 11.2 Å². The first-order valence-corrected chi connectivity index (χ1v) is 18.4. The number of benzene rings is 9. The number of anilines is 3. The summed E-state index contributed by atoms with van der Waals surface area (Å²) in [5, 5.41) is 4.78. The van der Waals surface area contributed by atoms with Crippen molar-refractivity contribution in [1.29, 1.82) is 0 Å². The molecule has 0 bridgehead atoms. The Morgan fingerprint density at radius 1 is 0.278 bits per heavy atom. The molecule has 0 atom stereocenters. The highest BCUT2D eigenvalue weighted by molar-refractivity contribution is 6.06. The molecule has 2 nitrogen and oxygen atoms in total. The molecule has 0 aliphatic rings. The maximum atomic E-state index is 6.10. The Morgan fingerprint density at radius 3 is 1.37 bits per heavy atom. The zero-order chi connectivity index (χ0) is 35.8. The van der Waals surface area contributed by atoms with Gasteiger partial charge in [-0.05, 0) is 110 Å². The SMILES string of the molecule is c1ccc(-c2ccc(-c3ccc(N(c4ccc(-c5ccc6oc7ccccc7c6c5)cc4)c4ccc(-c5cccc6ccccc56)cc4)cc3)cc2)cc1. The van der Waals surface area contributed by atoms with E-state index in [0.717, 1.165) is 50.1 Å². The fourth-order valence-corrected chi connectivity index (χ4v) is 7.71. The van der Waals surface area contributed by atoms with E-state index in [1.54, 1.807) is 0 Å². The normalized spacial score (nSPS) is 11.3. The second-order valence-corrected chi connectivity index (χ2v) is 13.8. The fraction of sp³-hybridized carbons (Fsp3) is 0. The summed E-state index contributed by atoms with van der Waals surface area (Å²) in [5.41, 5.74) is 14.7. The van der Waals surface area contributed by atoms with Crippen molar-refractivity contribution in [3.8, 4) is 44.5 Å². The average Bonchev–Trinajstić information content (AvgIpc) is 3.63. The second kappa shape index (κ2) is 13.4. The lowest BCUT2D eigenvalue weighted by atomic mass is 9.98. The van der Waals surface area contributed by atoms with Crippen molar-refractivity contribution < 1.29 is 4.42 Å². The molecule has 10 rings (SSSR count). The Morgan fingerprint density at radius 2 is 0.722 bits per heavy atom. The first-order valence-electron chi connectivity index (χ1n) is 18.4. The van der Waals surface area contributed by atoms with Crippen LogP contribution < -0.4 is 4.90 Å². The van der Waals surface area contributed by atoms with Crippen LogP contribution >= 0.6 is 0 Å². The third-order valence-electron chi connectivity index (χ3n) is 10.5. The molecule has 0 aliphatic heterocycles. The summed E-state index contributed by atoms with van der Waals surface area (Å²) < 4.78 is 6.10. The topological polar surface area (TPSA) is 16.4 Å². The van der Waals surface area contributed by atoms with Crippen molar-refractivity contribution in [3.05, 3.63) is 212 Å². The Hall–Kier alpha value is -7.16. The van der Waals surface area contributed by atoms with Gasteiger partial charge in [-0.1, -0.05) is 158 Å². The molecule has 0 N–H and O–H groups in total. The van der Waals surface area contributed by atoms with Crippen molar-refractivity contribution in [2.45, 2.75) is 0 Å². The van der Waals surface area contributed by atoms with Crippen LogP contribution in [0.1, 0.15) is 0 Å². The molecule has 0 fully saturated rings. The van der Waals surface area contributed by atoms with Gasteiger partial charge >= 0.3 is 0 Å². The van der Waals surface area contributed by atoms with Crippen molar-refractivity contribution >= 4 is 49.8 Å². The number of hydrogen-bond acceptors (Lipinski definition) is 2. The zero-order valence-electron chi connectivity index (χ0n) is 29.6. The van der Waals surface area contributed by atoms with Gasteiger partial charge in [0.2, 0.25) is 0 Å². The lowest BCUT2D eigenvalue weighted by molar-refractivity contribution is 0.669. The van der Waals surface area contributed by atoms with Gasteiger partial charge in [0.05, 0.1) is 0 Å². The van der Waals surface area contributed by atoms with Crippen LogP contribution in [0.2, 0.25) is 0 Å². The summed E-state index contributed by atoms with van der Waals surface area (Å²) in [7, 11) is 0. The molecule has 0 spiro atoms. The fourth-order valence-electron chi connectivity index (χ4n) is 7.71. The van der Waals surface area contributed by atoms with Crippen molar-refractivity contribution in [3.63, 3.8) is 0 Å². The van der Waals surface area contributed by atoms with Gasteiger partial charge in [0.15, 0.2) is 0 Å². The molecule has 54 heavy (non-hydrogen) atoms. The van der Waals surface area contributed by atoms with Crippen molar-refractivity contribution in [2.24, 2.45) is 0 Å². The predicted octanol–water partition coefficient (Wildman–Crippen LogP) is 14.9. The minimum absolute atomic E-state index is 0.908. The summed E-state index contributed by atoms with van der Waals surface area (Å²) in [5.74, 6) is 0. The van der Waals surface area contributed by atoms with E-state index in [-0.39, 0.29) is 0 Å². The minimum Gasteiger partial charge on any atom is -0.456 e. The summed E-state index contributed by atoms with van der Waals surface area (Å²) in [6, 6.07) is 75.9. The van der Waals surface area contributed by atoms with Gasteiger partial charge in [-0.15, -0.1) is 0 Å². The molecule has 9 aromatic carbocycles. The quantitative estimate of drug-likeness (QED) is 0.166. The number of hydrogen-bond donors (Lipinski definition) is 0. The highest BCUT2D eigenvalue weighted by Crippen LogP contribution is 2.39. The Kier molecular flexibility index (Phi) is 7.85. The standard InChI is InChI=1S/C52H35NO/c1-2-9-36(10-3-1)37-17-19-38(20-18-37)39-21-28-44(29-22-39)53(46-32-25-42(26-33-46)48-15-8-12-41-11-4-5-13-47(41)48)45-30-23-40(24-31-45)43-27-34-52-50(35-43)49-14-6-7-16-51(49)54-52/h1-35H. The summed E-state index contributed by atoms with van der Waals surface area (Å²) in [4.78, 5) is 2.34. The van der Waals surface area contributed by atoms with E-state index in [9.17, 15) is 0 Å². The van der Waals surface area contributed by atoms with E-state index in [0.29, 0.717) is 0 Å². The zero-order valence-corrected chi connectivity index (χ0v) is 29.6. The molecule has 0 saturated heterocycles. The maximum absolute atomic E-state index is 6.10. The van der Waals surface area contributed by atoms with E-state index in [1.807, 2.05) is 12.1 Å². The molecular formula is C52H35NO. The molecule has 254 valence electrons. The molecule has 1 heterocycles. The van der Waals surface area contributed by atoms with Crippen LogP contribution in [0.3, 0.4) is 0 Å². The van der Waals surface area contributed by atoms with Gasteiger partial charge in [-0.25, -0.2) is 0 Å². The molecule has 0 aliphatic carbocycles. The van der Waals surface area contributed by atoms with E-state index in [4.69, 9.17) is 4.42 Å². The monoisotopic (exact) mass is 689 g/mol. The van der Waals surface area contributed by atoms with Crippen LogP contribution in [0.4, 0.5) is 17.1 Å². The van der Waals surface area contributed by atoms with Gasteiger partial charge in [-0.3, -0.25) is 0 Å². The van der Waals surface area contributed by atoms with Crippen LogP contribution in [0.15, 0.2) is 217 Å². The van der Waals surface area contributed by atoms with E-state index in [1.165, 1.54) is 44.2 Å². The molecule has 0 saturated carbocycles. The Labute approximate surface area is 314 Å². The van der Waals surface area contributed by atoms with Crippen LogP contribution in [0, 0.1) is 0 Å².